The van der Waals surface area contributed by atoms with Gasteiger partial charge in [0.2, 0.25) is 0 Å². The molecule has 2 N–H and O–H groups in total. The molecule has 0 aromatic heterocycles. The summed E-state index contributed by atoms with van der Waals surface area (Å²) in [6, 6.07) is 7.02. The first kappa shape index (κ1) is 30.8. The van der Waals surface area contributed by atoms with Gasteiger partial charge in [0, 0.05) is 32.2 Å². The van der Waals surface area contributed by atoms with Crippen LogP contribution in [0.25, 0.3) is 6.08 Å². The van der Waals surface area contributed by atoms with Gasteiger partial charge in [0.05, 0.1) is 17.5 Å². The van der Waals surface area contributed by atoms with Crippen molar-refractivity contribution in [3.8, 4) is 0 Å². The summed E-state index contributed by atoms with van der Waals surface area (Å²) in [5.74, 6) is 0. The van der Waals surface area contributed by atoms with E-state index in [1.54, 1.807) is 11.8 Å². The zero-order valence-electron chi connectivity index (χ0n) is 20.4. The van der Waals surface area contributed by atoms with E-state index in [0.29, 0.717) is 11.4 Å². The normalized spacial score (nSPS) is 25.4. The molecular formula is C24H34Cl2FN5O2S2. The lowest BCUT2D eigenvalue weighted by molar-refractivity contribution is 0.0104. The van der Waals surface area contributed by atoms with E-state index < -0.39 is 18.3 Å². The van der Waals surface area contributed by atoms with Gasteiger partial charge in [-0.15, -0.1) is 24.8 Å². The number of thiocarbonyl (C=S) groups is 1. The van der Waals surface area contributed by atoms with E-state index >= 15 is 4.39 Å². The van der Waals surface area contributed by atoms with Crippen LogP contribution in [0.1, 0.15) is 37.4 Å². The SMILES string of the molecule is CCN(CC)C1CC(c2ccccc2/C=C2\SC(N3CCNCC3)=NC2=S)N(C(=O)O)CC1F.Cl.Cl. The van der Waals surface area contributed by atoms with E-state index in [1.165, 1.54) is 4.90 Å². The average molecular weight is 579 g/mol. The lowest BCUT2D eigenvalue weighted by Crippen LogP contribution is -2.54. The van der Waals surface area contributed by atoms with Gasteiger partial charge in [-0.05, 0) is 48.5 Å². The van der Waals surface area contributed by atoms with Gasteiger partial charge in [-0.2, -0.15) is 0 Å². The van der Waals surface area contributed by atoms with E-state index in [0.717, 1.165) is 60.5 Å². The number of hydrogen-bond acceptors (Lipinski definition) is 6. The van der Waals surface area contributed by atoms with Crippen molar-refractivity contribution in [3.05, 3.63) is 40.3 Å². The highest BCUT2D eigenvalue weighted by atomic mass is 35.5. The molecule has 36 heavy (non-hydrogen) atoms. The summed E-state index contributed by atoms with van der Waals surface area (Å²) in [5.41, 5.74) is 1.77. The number of piperazine rings is 1. The number of benzene rings is 1. The Morgan fingerprint density at radius 1 is 1.28 bits per heavy atom. The first-order valence-electron chi connectivity index (χ1n) is 11.9. The standard InChI is InChI=1S/C24H32FN5O2S2.2ClH/c1-3-28(4-2)20-14-19(30(24(31)32)15-18(20)25)17-8-6-5-7-16(17)13-21-22(33)27-23(34-21)29-11-9-26-10-12-29;;/h5-8,13,18-20,26H,3-4,9-12,14-15H2,1-2H3,(H,31,32);2*1H/b21-13-;;. The average Bonchev–Trinajstić information content (AvgIpc) is 3.21. The molecule has 4 rings (SSSR count). The van der Waals surface area contributed by atoms with Crippen LogP contribution in [0, 0.1) is 0 Å². The van der Waals surface area contributed by atoms with Crippen LogP contribution >= 0.6 is 48.8 Å². The van der Waals surface area contributed by atoms with Crippen molar-refractivity contribution in [1.82, 2.24) is 20.0 Å². The van der Waals surface area contributed by atoms with Crippen LogP contribution in [-0.2, 0) is 0 Å². The second-order valence-corrected chi connectivity index (χ2v) is 10.1. The monoisotopic (exact) mass is 577 g/mol. The van der Waals surface area contributed by atoms with Crippen molar-refractivity contribution in [3.63, 3.8) is 0 Å². The summed E-state index contributed by atoms with van der Waals surface area (Å²) in [7, 11) is 0. The number of alkyl halides is 1. The zero-order valence-corrected chi connectivity index (χ0v) is 23.7. The first-order valence-corrected chi connectivity index (χ1v) is 13.1. The van der Waals surface area contributed by atoms with Crippen LogP contribution < -0.4 is 5.32 Å². The molecule has 0 spiro atoms. The Morgan fingerprint density at radius 3 is 2.58 bits per heavy atom. The molecule has 2 fully saturated rings. The number of rotatable bonds is 5. The van der Waals surface area contributed by atoms with E-state index in [1.807, 2.05) is 44.2 Å². The van der Waals surface area contributed by atoms with Crippen molar-refractivity contribution in [2.24, 2.45) is 4.99 Å². The lowest BCUT2D eigenvalue weighted by atomic mass is 9.87. The molecular weight excluding hydrogens is 544 g/mol. The van der Waals surface area contributed by atoms with Crippen LogP contribution in [0.2, 0.25) is 0 Å². The van der Waals surface area contributed by atoms with Gasteiger partial charge in [0.15, 0.2) is 5.17 Å². The Bertz CT molecular complexity index is 989. The third-order valence-corrected chi connectivity index (χ3v) is 8.30. The number of nitrogens with zero attached hydrogens (tertiary/aromatic N) is 4. The van der Waals surface area contributed by atoms with Crippen molar-refractivity contribution >= 4 is 71.1 Å². The molecule has 2 saturated heterocycles. The summed E-state index contributed by atoms with van der Waals surface area (Å²) in [6.45, 7) is 8.98. The maximum Gasteiger partial charge on any atom is 0.407 e. The summed E-state index contributed by atoms with van der Waals surface area (Å²) < 4.78 is 15.1. The minimum absolute atomic E-state index is 0. The van der Waals surface area contributed by atoms with E-state index in [2.05, 4.69) is 20.1 Å². The van der Waals surface area contributed by atoms with Gasteiger partial charge < -0.3 is 15.3 Å². The lowest BCUT2D eigenvalue weighted by Gasteiger charge is -2.44. The number of thioether (sulfide) groups is 1. The van der Waals surface area contributed by atoms with Crippen LogP contribution in [0.5, 0.6) is 0 Å². The number of piperidine rings is 1. The van der Waals surface area contributed by atoms with Crippen molar-refractivity contribution < 1.29 is 14.3 Å². The Kier molecular flexibility index (Phi) is 11.9. The number of aliphatic imine (C=N–C) groups is 1. The fraction of sp³-hybridized carbons (Fsp3) is 0.542. The highest BCUT2D eigenvalue weighted by molar-refractivity contribution is 8.19. The number of hydrogen-bond donors (Lipinski definition) is 2. The molecule has 0 bridgehead atoms. The molecule has 3 aliphatic rings. The predicted molar refractivity (Wildman–Crippen MR) is 155 cm³/mol. The quantitative estimate of drug-likeness (QED) is 0.389. The molecule has 1 aromatic carbocycles. The number of halogens is 3. The Hall–Kier alpha value is -1.43. The second-order valence-electron chi connectivity index (χ2n) is 8.67. The van der Waals surface area contributed by atoms with Gasteiger partial charge in [0.1, 0.15) is 11.2 Å². The predicted octanol–water partition coefficient (Wildman–Crippen LogP) is 4.68. The van der Waals surface area contributed by atoms with Gasteiger partial charge in [-0.25, -0.2) is 14.2 Å². The van der Waals surface area contributed by atoms with Crippen molar-refractivity contribution in [1.29, 1.82) is 0 Å². The van der Waals surface area contributed by atoms with Crippen molar-refractivity contribution in [2.45, 2.75) is 38.5 Å². The highest BCUT2D eigenvalue weighted by Crippen LogP contribution is 2.38. The van der Waals surface area contributed by atoms with Crippen LogP contribution in [-0.4, -0.2) is 94.1 Å². The molecule has 3 heterocycles. The van der Waals surface area contributed by atoms with Crippen molar-refractivity contribution in [2.75, 3.05) is 45.8 Å². The fourth-order valence-electron chi connectivity index (χ4n) is 4.99. The van der Waals surface area contributed by atoms with E-state index in [-0.39, 0.29) is 37.4 Å². The van der Waals surface area contributed by atoms with E-state index in [4.69, 9.17) is 12.2 Å². The van der Waals surface area contributed by atoms with Crippen LogP contribution in [0.15, 0.2) is 34.2 Å². The smallest absolute Gasteiger partial charge is 0.407 e. The fourth-order valence-corrected chi connectivity index (χ4v) is 6.29. The number of carbonyl (C=O) groups is 1. The number of amides is 1. The molecule has 3 aliphatic heterocycles. The number of amidine groups is 1. The second kappa shape index (κ2) is 13.9. The molecule has 0 saturated carbocycles. The summed E-state index contributed by atoms with van der Waals surface area (Å²) in [4.78, 5) is 23.7. The molecule has 1 aromatic rings. The molecule has 12 heteroatoms. The molecule has 3 atom stereocenters. The number of likely N-dealkylation sites (tertiary alicyclic amines) is 1. The van der Waals surface area contributed by atoms with Crippen LogP contribution in [0.4, 0.5) is 9.18 Å². The topological polar surface area (TPSA) is 71.4 Å². The molecule has 3 unspecified atom stereocenters. The molecule has 1 amide bonds. The number of nitrogens with one attached hydrogen (secondary N) is 1. The van der Waals surface area contributed by atoms with Gasteiger partial charge in [0.25, 0.3) is 0 Å². The highest BCUT2D eigenvalue weighted by Gasteiger charge is 2.41. The van der Waals surface area contributed by atoms with Gasteiger partial charge >= 0.3 is 6.09 Å². The molecule has 0 radical (unpaired) electrons. The Morgan fingerprint density at radius 2 is 1.94 bits per heavy atom. The zero-order chi connectivity index (χ0) is 24.2. The largest absolute Gasteiger partial charge is 0.465 e. The number of carboxylic acid groups (broad SMARTS) is 1. The summed E-state index contributed by atoms with van der Waals surface area (Å²) >= 11 is 7.14. The Labute approximate surface area is 234 Å². The van der Waals surface area contributed by atoms with Gasteiger partial charge in [-0.1, -0.05) is 50.3 Å². The summed E-state index contributed by atoms with van der Waals surface area (Å²) in [5, 5.41) is 14.2. The van der Waals surface area contributed by atoms with E-state index in [9.17, 15) is 9.90 Å². The molecule has 7 nitrogen and oxygen atoms in total. The molecule has 0 aliphatic carbocycles. The maximum atomic E-state index is 15.1. The van der Waals surface area contributed by atoms with Crippen LogP contribution in [0.3, 0.4) is 0 Å². The Balaban J connectivity index is 0.00000228. The summed E-state index contributed by atoms with van der Waals surface area (Å²) in [6.07, 6.45) is 0.110. The minimum Gasteiger partial charge on any atom is -0.465 e. The third-order valence-electron chi connectivity index (χ3n) is 6.80. The van der Waals surface area contributed by atoms with Gasteiger partial charge in [-0.3, -0.25) is 9.80 Å². The third kappa shape index (κ3) is 6.71. The first-order chi connectivity index (χ1) is 16.4. The minimum atomic E-state index is -1.22. The molecule has 200 valence electrons. The maximum absolute atomic E-state index is 15.1.